The average molecular weight is 331 g/mol. The van der Waals surface area contributed by atoms with Crippen molar-refractivity contribution in [1.29, 1.82) is 0 Å². The van der Waals surface area contributed by atoms with Gasteiger partial charge in [0.1, 0.15) is 10.7 Å². The van der Waals surface area contributed by atoms with Crippen LogP contribution in [0.5, 0.6) is 0 Å². The summed E-state index contributed by atoms with van der Waals surface area (Å²) in [7, 11) is -3.98. The molecule has 0 fully saturated rings. The van der Waals surface area contributed by atoms with E-state index in [4.69, 9.17) is 0 Å². The molecular weight excluding hydrogens is 323 g/mol. The molecule has 2 rings (SSSR count). The van der Waals surface area contributed by atoms with Crippen molar-refractivity contribution in [3.8, 4) is 0 Å². The SMILES string of the molecule is O=S(=O)(Nc1ncccc1Br)c1ccccc1F. The average Bonchev–Trinajstić information content (AvgIpc) is 2.32. The van der Waals surface area contributed by atoms with Crippen molar-refractivity contribution in [2.24, 2.45) is 0 Å². The Labute approximate surface area is 112 Å². The van der Waals surface area contributed by atoms with E-state index in [1.54, 1.807) is 12.1 Å². The maximum atomic E-state index is 13.4. The predicted octanol–water partition coefficient (Wildman–Crippen LogP) is 2.78. The Bertz CT molecular complexity index is 676. The largest absolute Gasteiger partial charge is 0.265 e. The highest BCUT2D eigenvalue weighted by atomic mass is 79.9. The molecule has 94 valence electrons. The number of anilines is 1. The normalized spacial score (nSPS) is 11.2. The van der Waals surface area contributed by atoms with Gasteiger partial charge in [-0.1, -0.05) is 12.1 Å². The lowest BCUT2D eigenvalue weighted by Crippen LogP contribution is -2.15. The summed E-state index contributed by atoms with van der Waals surface area (Å²) in [6, 6.07) is 8.42. The molecule has 0 saturated heterocycles. The molecule has 1 heterocycles. The van der Waals surface area contributed by atoms with E-state index in [1.165, 1.54) is 24.4 Å². The zero-order valence-electron chi connectivity index (χ0n) is 8.97. The van der Waals surface area contributed by atoms with Gasteiger partial charge < -0.3 is 0 Å². The van der Waals surface area contributed by atoms with Gasteiger partial charge in [-0.2, -0.15) is 0 Å². The summed E-state index contributed by atoms with van der Waals surface area (Å²) in [4.78, 5) is 3.44. The van der Waals surface area contributed by atoms with Gasteiger partial charge >= 0.3 is 0 Å². The van der Waals surface area contributed by atoms with Gasteiger partial charge in [0.15, 0.2) is 5.82 Å². The summed E-state index contributed by atoms with van der Waals surface area (Å²) in [5, 5.41) is 0. The van der Waals surface area contributed by atoms with E-state index in [0.29, 0.717) is 4.47 Å². The van der Waals surface area contributed by atoms with E-state index in [9.17, 15) is 12.8 Å². The Morgan fingerprint density at radius 1 is 1.17 bits per heavy atom. The Balaban J connectivity index is 2.40. The number of hydrogen-bond donors (Lipinski definition) is 1. The third kappa shape index (κ3) is 2.68. The molecule has 18 heavy (non-hydrogen) atoms. The van der Waals surface area contributed by atoms with Crippen LogP contribution in [0.1, 0.15) is 0 Å². The van der Waals surface area contributed by atoms with Gasteiger partial charge in [-0.25, -0.2) is 17.8 Å². The van der Waals surface area contributed by atoms with Crippen LogP contribution in [-0.2, 0) is 10.0 Å². The van der Waals surface area contributed by atoms with Gasteiger partial charge in [-0.05, 0) is 40.2 Å². The molecule has 0 unspecified atom stereocenters. The number of rotatable bonds is 3. The lowest BCUT2D eigenvalue weighted by molar-refractivity contribution is 0.570. The van der Waals surface area contributed by atoms with Gasteiger partial charge in [0.25, 0.3) is 10.0 Å². The zero-order chi connectivity index (χ0) is 13.2. The Morgan fingerprint density at radius 3 is 2.56 bits per heavy atom. The fourth-order valence-corrected chi connectivity index (χ4v) is 2.90. The third-order valence-electron chi connectivity index (χ3n) is 2.12. The van der Waals surface area contributed by atoms with Crippen LogP contribution in [0.3, 0.4) is 0 Å². The van der Waals surface area contributed by atoms with Crippen molar-refractivity contribution in [2.45, 2.75) is 4.90 Å². The Kier molecular flexibility index (Phi) is 3.63. The van der Waals surface area contributed by atoms with Crippen LogP contribution in [0, 0.1) is 5.82 Å². The molecule has 1 N–H and O–H groups in total. The van der Waals surface area contributed by atoms with Gasteiger partial charge in [0.05, 0.1) is 4.47 Å². The first-order valence-corrected chi connectivity index (χ1v) is 7.16. The highest BCUT2D eigenvalue weighted by molar-refractivity contribution is 9.10. The number of pyridine rings is 1. The molecule has 0 atom stereocenters. The third-order valence-corrected chi connectivity index (χ3v) is 4.13. The fraction of sp³-hybridized carbons (Fsp3) is 0. The van der Waals surface area contributed by atoms with Crippen LogP contribution >= 0.6 is 15.9 Å². The lowest BCUT2D eigenvalue weighted by Gasteiger charge is -2.08. The van der Waals surface area contributed by atoms with Crippen LogP contribution in [0.25, 0.3) is 0 Å². The summed E-state index contributed by atoms with van der Waals surface area (Å²) in [5.41, 5.74) is 0. The lowest BCUT2D eigenvalue weighted by atomic mass is 10.4. The summed E-state index contributed by atoms with van der Waals surface area (Å²) in [6.07, 6.45) is 1.43. The number of hydrogen-bond acceptors (Lipinski definition) is 3. The highest BCUT2D eigenvalue weighted by Gasteiger charge is 2.19. The van der Waals surface area contributed by atoms with Crippen LogP contribution in [0.4, 0.5) is 10.2 Å². The maximum absolute atomic E-state index is 13.4. The fourth-order valence-electron chi connectivity index (χ4n) is 1.31. The number of benzene rings is 1. The van der Waals surface area contributed by atoms with Crippen molar-refractivity contribution >= 4 is 31.8 Å². The molecular formula is C11H8BrFN2O2S. The number of halogens is 2. The first-order chi connectivity index (χ1) is 8.50. The molecule has 0 radical (unpaired) electrons. The summed E-state index contributed by atoms with van der Waals surface area (Å²) < 4.78 is 40.1. The standard InChI is InChI=1S/C11H8BrFN2O2S/c12-8-4-3-7-14-11(8)15-18(16,17)10-6-2-1-5-9(10)13/h1-7H,(H,14,15). The van der Waals surface area contributed by atoms with Crippen molar-refractivity contribution in [2.75, 3.05) is 4.72 Å². The molecule has 0 bridgehead atoms. The second-order valence-corrected chi connectivity index (χ2v) is 5.87. The van der Waals surface area contributed by atoms with Crippen LogP contribution in [0.15, 0.2) is 52.0 Å². The van der Waals surface area contributed by atoms with Gasteiger partial charge in [-0.3, -0.25) is 4.72 Å². The highest BCUT2D eigenvalue weighted by Crippen LogP contribution is 2.23. The molecule has 0 aliphatic carbocycles. The molecule has 7 heteroatoms. The monoisotopic (exact) mass is 330 g/mol. The molecule has 2 aromatic rings. The Morgan fingerprint density at radius 2 is 1.89 bits per heavy atom. The molecule has 0 aliphatic rings. The molecule has 0 spiro atoms. The van der Waals surface area contributed by atoms with E-state index < -0.39 is 20.7 Å². The topological polar surface area (TPSA) is 59.1 Å². The first kappa shape index (κ1) is 13.0. The summed E-state index contributed by atoms with van der Waals surface area (Å²) >= 11 is 3.16. The molecule has 1 aromatic carbocycles. The summed E-state index contributed by atoms with van der Waals surface area (Å²) in [5.74, 6) is -0.696. The predicted molar refractivity (Wildman–Crippen MR) is 69.1 cm³/mol. The number of nitrogens with one attached hydrogen (secondary N) is 1. The molecule has 0 amide bonds. The maximum Gasteiger partial charge on any atom is 0.265 e. The minimum absolute atomic E-state index is 0.112. The number of nitrogens with zero attached hydrogens (tertiary/aromatic N) is 1. The van der Waals surface area contributed by atoms with E-state index in [0.717, 1.165) is 6.07 Å². The van der Waals surface area contributed by atoms with E-state index >= 15 is 0 Å². The molecule has 0 aliphatic heterocycles. The van der Waals surface area contributed by atoms with Crippen LogP contribution in [0.2, 0.25) is 0 Å². The summed E-state index contributed by atoms with van der Waals surface area (Å²) in [6.45, 7) is 0. The van der Waals surface area contributed by atoms with Crippen LogP contribution < -0.4 is 4.72 Å². The van der Waals surface area contributed by atoms with Gasteiger partial charge in [-0.15, -0.1) is 0 Å². The van der Waals surface area contributed by atoms with Crippen molar-refractivity contribution in [1.82, 2.24) is 4.98 Å². The smallest absolute Gasteiger partial charge is 0.262 e. The van der Waals surface area contributed by atoms with E-state index in [2.05, 4.69) is 25.6 Å². The van der Waals surface area contributed by atoms with E-state index in [-0.39, 0.29) is 5.82 Å². The van der Waals surface area contributed by atoms with Crippen molar-refractivity contribution < 1.29 is 12.8 Å². The molecule has 0 saturated carbocycles. The minimum atomic E-state index is -3.98. The van der Waals surface area contributed by atoms with Gasteiger partial charge in [0.2, 0.25) is 0 Å². The Hall–Kier alpha value is -1.47. The quantitative estimate of drug-likeness (QED) is 0.941. The minimum Gasteiger partial charge on any atom is -0.262 e. The number of aromatic nitrogens is 1. The second kappa shape index (κ2) is 5.03. The van der Waals surface area contributed by atoms with Crippen LogP contribution in [-0.4, -0.2) is 13.4 Å². The van der Waals surface area contributed by atoms with Crippen molar-refractivity contribution in [3.05, 3.63) is 52.9 Å². The van der Waals surface area contributed by atoms with E-state index in [1.807, 2.05) is 0 Å². The molecule has 4 nitrogen and oxygen atoms in total. The van der Waals surface area contributed by atoms with Crippen molar-refractivity contribution in [3.63, 3.8) is 0 Å². The van der Waals surface area contributed by atoms with Gasteiger partial charge in [0, 0.05) is 6.20 Å². The number of sulfonamides is 1. The first-order valence-electron chi connectivity index (χ1n) is 4.88. The zero-order valence-corrected chi connectivity index (χ0v) is 11.4. The second-order valence-electron chi connectivity index (χ2n) is 3.37. The molecule has 1 aromatic heterocycles.